The Morgan fingerprint density at radius 1 is 1.28 bits per heavy atom. The SMILES string of the molecule is Cn1cc(C(=O)OCC2CC[N+](C)(CCNS(C)(=O)=O)CC2)c2ccccc21.[I-]. The third-order valence-electron chi connectivity index (χ3n) is 5.74. The van der Waals surface area contributed by atoms with E-state index >= 15 is 0 Å². The van der Waals surface area contributed by atoms with E-state index in [-0.39, 0.29) is 29.9 Å². The maximum Gasteiger partial charge on any atom is 0.340 e. The van der Waals surface area contributed by atoms with E-state index < -0.39 is 10.0 Å². The second-order valence-electron chi connectivity index (χ2n) is 8.17. The molecule has 162 valence electrons. The number of rotatable bonds is 7. The lowest BCUT2D eigenvalue weighted by molar-refractivity contribution is -0.914. The molecule has 9 heteroatoms. The first-order valence-corrected chi connectivity index (χ1v) is 11.6. The average molecular weight is 535 g/mol. The van der Waals surface area contributed by atoms with Crippen molar-refractivity contribution in [1.29, 1.82) is 0 Å². The molecule has 0 radical (unpaired) electrons. The molecule has 0 atom stereocenters. The standard InChI is InChI=1S/C20H30N3O4S.HI/c1-22-14-18(17-6-4-5-7-19(17)22)20(24)27-15-16-8-11-23(2,12-9-16)13-10-21-28(3,25)26;/h4-7,14,16,21H,8-13,15H2,1-3H3;1H/q+1;/p-1. The van der Waals surface area contributed by atoms with Gasteiger partial charge in [-0.3, -0.25) is 0 Å². The van der Waals surface area contributed by atoms with Crippen LogP contribution < -0.4 is 28.7 Å². The Morgan fingerprint density at radius 3 is 2.59 bits per heavy atom. The first-order valence-electron chi connectivity index (χ1n) is 9.66. The number of aromatic nitrogens is 1. The maximum absolute atomic E-state index is 12.6. The van der Waals surface area contributed by atoms with Crippen molar-refractivity contribution in [2.75, 3.05) is 46.1 Å². The van der Waals surface area contributed by atoms with E-state index in [1.807, 2.05) is 42.1 Å². The molecule has 1 aromatic carbocycles. The number of likely N-dealkylation sites (N-methyl/N-ethyl adjacent to an activating group) is 1. The van der Waals surface area contributed by atoms with Crippen molar-refractivity contribution in [3.8, 4) is 0 Å². The van der Waals surface area contributed by atoms with E-state index in [4.69, 9.17) is 4.74 Å². The molecule has 1 aromatic heterocycles. The predicted octanol–water partition coefficient (Wildman–Crippen LogP) is -1.26. The van der Waals surface area contributed by atoms with Crippen molar-refractivity contribution in [3.63, 3.8) is 0 Å². The number of halogens is 1. The van der Waals surface area contributed by atoms with Gasteiger partial charge in [-0.1, -0.05) is 18.2 Å². The summed E-state index contributed by atoms with van der Waals surface area (Å²) in [6, 6.07) is 7.82. The van der Waals surface area contributed by atoms with Crippen LogP contribution in [0.5, 0.6) is 0 Å². The molecule has 0 amide bonds. The summed E-state index contributed by atoms with van der Waals surface area (Å²) in [6.07, 6.45) is 4.95. The summed E-state index contributed by atoms with van der Waals surface area (Å²) in [4.78, 5) is 12.6. The Morgan fingerprint density at radius 2 is 1.93 bits per heavy atom. The number of aryl methyl sites for hydroxylation is 1. The van der Waals surface area contributed by atoms with Crippen LogP contribution in [0.3, 0.4) is 0 Å². The van der Waals surface area contributed by atoms with Crippen LogP contribution in [0.15, 0.2) is 30.5 Å². The zero-order chi connectivity index (χ0) is 20.4. The minimum atomic E-state index is -3.14. The molecule has 1 saturated heterocycles. The fourth-order valence-electron chi connectivity index (χ4n) is 3.91. The molecule has 0 saturated carbocycles. The summed E-state index contributed by atoms with van der Waals surface area (Å²) >= 11 is 0. The smallest absolute Gasteiger partial charge is 0.340 e. The maximum atomic E-state index is 12.6. The minimum Gasteiger partial charge on any atom is -1.00 e. The minimum absolute atomic E-state index is 0. The number of quaternary nitrogens is 1. The van der Waals surface area contributed by atoms with Gasteiger partial charge in [0, 0.05) is 42.9 Å². The van der Waals surface area contributed by atoms with Crippen molar-refractivity contribution in [2.24, 2.45) is 13.0 Å². The number of nitrogens with zero attached hydrogens (tertiary/aromatic N) is 2. The van der Waals surface area contributed by atoms with Crippen LogP contribution in [0.1, 0.15) is 23.2 Å². The predicted molar refractivity (Wildman–Crippen MR) is 110 cm³/mol. The van der Waals surface area contributed by atoms with Crippen LogP contribution in [0.2, 0.25) is 0 Å². The molecular weight excluding hydrogens is 505 g/mol. The quantitative estimate of drug-likeness (QED) is 0.273. The number of hydrogen-bond acceptors (Lipinski definition) is 4. The Balaban J connectivity index is 0.00000300. The second-order valence-corrected chi connectivity index (χ2v) is 10.0. The van der Waals surface area contributed by atoms with Crippen molar-refractivity contribution >= 4 is 26.9 Å². The number of ether oxygens (including phenoxy) is 1. The van der Waals surface area contributed by atoms with Crippen LogP contribution in [-0.4, -0.2) is 69.5 Å². The Labute approximate surface area is 190 Å². The molecule has 29 heavy (non-hydrogen) atoms. The van der Waals surface area contributed by atoms with Gasteiger partial charge in [0.2, 0.25) is 10.0 Å². The van der Waals surface area contributed by atoms with Gasteiger partial charge < -0.3 is 37.8 Å². The number of para-hydroxylation sites is 1. The molecule has 1 N–H and O–H groups in total. The molecule has 1 fully saturated rings. The zero-order valence-electron chi connectivity index (χ0n) is 17.2. The summed E-state index contributed by atoms with van der Waals surface area (Å²) in [7, 11) is 0.943. The number of fused-ring (bicyclic) bond motifs is 1. The highest BCUT2D eigenvalue weighted by Gasteiger charge is 2.30. The molecule has 3 rings (SSSR count). The number of esters is 1. The van der Waals surface area contributed by atoms with Gasteiger partial charge in [0.1, 0.15) is 0 Å². The summed E-state index contributed by atoms with van der Waals surface area (Å²) in [6.45, 7) is 3.58. The molecule has 0 unspecified atom stereocenters. The lowest BCUT2D eigenvalue weighted by Crippen LogP contribution is -3.00. The summed E-state index contributed by atoms with van der Waals surface area (Å²) < 4.78 is 33.4. The highest BCUT2D eigenvalue weighted by molar-refractivity contribution is 7.88. The number of piperidine rings is 1. The largest absolute Gasteiger partial charge is 1.00 e. The van der Waals surface area contributed by atoms with Crippen molar-refractivity contribution < 1.29 is 46.4 Å². The van der Waals surface area contributed by atoms with Crippen molar-refractivity contribution in [3.05, 3.63) is 36.0 Å². The molecule has 0 spiro atoms. The van der Waals surface area contributed by atoms with E-state index in [2.05, 4.69) is 11.8 Å². The van der Waals surface area contributed by atoms with Crippen LogP contribution in [-0.2, 0) is 21.8 Å². The first-order chi connectivity index (χ1) is 13.2. The van der Waals surface area contributed by atoms with E-state index in [9.17, 15) is 13.2 Å². The fourth-order valence-corrected chi connectivity index (χ4v) is 4.37. The molecular formula is C20H30IN3O4S. The number of benzene rings is 1. The van der Waals surface area contributed by atoms with Gasteiger partial charge >= 0.3 is 5.97 Å². The molecule has 2 heterocycles. The van der Waals surface area contributed by atoms with Crippen LogP contribution in [0, 0.1) is 5.92 Å². The Kier molecular flexibility index (Phi) is 8.11. The zero-order valence-corrected chi connectivity index (χ0v) is 20.2. The Bertz CT molecular complexity index is 950. The van der Waals surface area contributed by atoms with Crippen molar-refractivity contribution in [1.82, 2.24) is 9.29 Å². The highest BCUT2D eigenvalue weighted by atomic mass is 127. The van der Waals surface area contributed by atoms with E-state index in [0.29, 0.717) is 24.6 Å². The Hall–Kier alpha value is -1.17. The number of hydrogen-bond donors (Lipinski definition) is 1. The molecule has 7 nitrogen and oxygen atoms in total. The van der Waals surface area contributed by atoms with E-state index in [1.165, 1.54) is 6.26 Å². The normalized spacial score (nSPS) is 22.2. The van der Waals surface area contributed by atoms with Gasteiger partial charge in [-0.05, 0) is 6.07 Å². The average Bonchev–Trinajstić information content (AvgIpc) is 2.97. The van der Waals surface area contributed by atoms with Gasteiger partial charge in [-0.2, -0.15) is 0 Å². The molecule has 1 aliphatic rings. The molecule has 0 bridgehead atoms. The highest BCUT2D eigenvalue weighted by Crippen LogP contribution is 2.24. The molecule has 1 aliphatic heterocycles. The lowest BCUT2D eigenvalue weighted by atomic mass is 9.96. The monoisotopic (exact) mass is 535 g/mol. The van der Waals surface area contributed by atoms with Gasteiger partial charge in [0.15, 0.2) is 0 Å². The van der Waals surface area contributed by atoms with Gasteiger partial charge in [-0.25, -0.2) is 17.9 Å². The van der Waals surface area contributed by atoms with E-state index in [0.717, 1.165) is 47.9 Å². The number of carbonyl (C=O) groups is 1. The second kappa shape index (κ2) is 9.76. The third-order valence-corrected chi connectivity index (χ3v) is 6.47. The van der Waals surface area contributed by atoms with Crippen LogP contribution in [0.4, 0.5) is 0 Å². The number of likely N-dealkylation sites (tertiary alicyclic amines) is 1. The summed E-state index contributed by atoms with van der Waals surface area (Å²) in [5.74, 6) is 0.0879. The molecule has 2 aromatic rings. The summed E-state index contributed by atoms with van der Waals surface area (Å²) in [5, 5.41) is 0.918. The number of sulfonamides is 1. The fraction of sp³-hybridized carbons (Fsp3) is 0.550. The van der Waals surface area contributed by atoms with Crippen LogP contribution in [0.25, 0.3) is 10.9 Å². The lowest BCUT2D eigenvalue weighted by Gasteiger charge is -2.40. The molecule has 0 aliphatic carbocycles. The van der Waals surface area contributed by atoms with Crippen LogP contribution >= 0.6 is 0 Å². The topological polar surface area (TPSA) is 77.4 Å². The van der Waals surface area contributed by atoms with Gasteiger partial charge in [-0.15, -0.1) is 0 Å². The third kappa shape index (κ3) is 6.40. The van der Waals surface area contributed by atoms with Gasteiger partial charge in [0.25, 0.3) is 0 Å². The van der Waals surface area contributed by atoms with E-state index in [1.54, 1.807) is 0 Å². The summed E-state index contributed by atoms with van der Waals surface area (Å²) in [5.41, 5.74) is 1.63. The van der Waals surface area contributed by atoms with Gasteiger partial charge in [0.05, 0.1) is 51.7 Å². The van der Waals surface area contributed by atoms with Crippen molar-refractivity contribution in [2.45, 2.75) is 12.8 Å². The number of carbonyl (C=O) groups excluding carboxylic acids is 1. The first kappa shape index (κ1) is 24.1. The number of nitrogens with one attached hydrogen (secondary N) is 1.